The van der Waals surface area contributed by atoms with Crippen LogP contribution in [0.3, 0.4) is 0 Å². The van der Waals surface area contributed by atoms with Gasteiger partial charge in [-0.1, -0.05) is 116 Å². The summed E-state index contributed by atoms with van der Waals surface area (Å²) in [6.07, 6.45) is 0.480. The van der Waals surface area contributed by atoms with Gasteiger partial charge in [-0.15, -0.1) is 0 Å². The average Bonchev–Trinajstić information content (AvgIpc) is 2.94. The highest BCUT2D eigenvalue weighted by molar-refractivity contribution is 6.27. The Labute approximate surface area is 214 Å². The summed E-state index contributed by atoms with van der Waals surface area (Å²) in [6.45, 7) is 2.19. The van der Waals surface area contributed by atoms with E-state index in [1.807, 2.05) is 6.07 Å². The van der Waals surface area contributed by atoms with Crippen molar-refractivity contribution < 1.29 is 4.79 Å². The van der Waals surface area contributed by atoms with E-state index in [0.29, 0.717) is 6.42 Å². The third kappa shape index (κ3) is 2.89. The van der Waals surface area contributed by atoms with Crippen molar-refractivity contribution in [2.75, 3.05) is 0 Å². The number of benzene rings is 8. The second-order valence-electron chi connectivity index (χ2n) is 10.5. The van der Waals surface area contributed by atoms with Crippen LogP contribution in [0.5, 0.6) is 0 Å². The van der Waals surface area contributed by atoms with E-state index < -0.39 is 0 Å². The van der Waals surface area contributed by atoms with Crippen LogP contribution in [-0.4, -0.2) is 5.78 Å². The highest BCUT2D eigenvalue weighted by Gasteiger charge is 2.20. The molecule has 0 saturated carbocycles. The van der Waals surface area contributed by atoms with Crippen molar-refractivity contribution in [2.45, 2.75) is 19.3 Å². The smallest absolute Gasteiger partial charge is 0.164 e. The van der Waals surface area contributed by atoms with Crippen LogP contribution in [0.2, 0.25) is 0 Å². The van der Waals surface area contributed by atoms with E-state index in [4.69, 9.17) is 0 Å². The lowest BCUT2D eigenvalue weighted by Crippen LogP contribution is -2.07. The molecular weight excluding hydrogens is 448 g/mol. The highest BCUT2D eigenvalue weighted by Crippen LogP contribution is 2.40. The second-order valence-corrected chi connectivity index (χ2v) is 10.5. The summed E-state index contributed by atoms with van der Waals surface area (Å²) in [4.78, 5) is 13.8. The first-order valence-corrected chi connectivity index (χ1v) is 13.0. The second kappa shape index (κ2) is 7.51. The molecule has 0 spiro atoms. The Hall–Kier alpha value is -4.49. The van der Waals surface area contributed by atoms with E-state index in [0.717, 1.165) is 10.9 Å². The summed E-state index contributed by atoms with van der Waals surface area (Å²) >= 11 is 0. The summed E-state index contributed by atoms with van der Waals surface area (Å²) in [5, 5.41) is 14.9. The van der Waals surface area contributed by atoms with E-state index in [1.165, 1.54) is 64.8 Å². The molecule has 1 unspecified atom stereocenters. The summed E-state index contributed by atoms with van der Waals surface area (Å²) in [5.74, 6) is 0.312. The van der Waals surface area contributed by atoms with Crippen LogP contribution in [0.1, 0.15) is 35.2 Å². The van der Waals surface area contributed by atoms with Crippen molar-refractivity contribution in [1.82, 2.24) is 0 Å². The highest BCUT2D eigenvalue weighted by atomic mass is 16.1. The van der Waals surface area contributed by atoms with E-state index in [1.54, 1.807) is 0 Å². The van der Waals surface area contributed by atoms with Gasteiger partial charge in [-0.3, -0.25) is 4.79 Å². The van der Waals surface area contributed by atoms with Crippen molar-refractivity contribution in [1.29, 1.82) is 0 Å². The van der Waals surface area contributed by atoms with Gasteiger partial charge < -0.3 is 0 Å². The molecule has 8 rings (SSSR count). The molecule has 0 bridgehead atoms. The van der Waals surface area contributed by atoms with Gasteiger partial charge >= 0.3 is 0 Å². The molecule has 0 aromatic heterocycles. The van der Waals surface area contributed by atoms with Crippen LogP contribution in [0.15, 0.2) is 109 Å². The number of Topliss-reactive ketones (excluding diaryl/α,β-unsaturated/α-hetero) is 1. The Balaban J connectivity index is 1.25. The number of hydrogen-bond donors (Lipinski definition) is 0. The maximum absolute atomic E-state index is 13.8. The molecule has 1 nitrogen and oxygen atoms in total. The summed E-state index contributed by atoms with van der Waals surface area (Å²) in [5.41, 5.74) is 2.08. The standard InChI is InChI=1S/C36H24O/c1-21(28-16-12-26-10-8-22-4-2-6-24-14-18-30(28)35(26)33(22)24)20-32(37)29-17-13-27-11-9-23-5-3-7-25-15-19-31(29)36(27)34(23)25/h2-19,21H,20H2,1H3. The van der Waals surface area contributed by atoms with Crippen LogP contribution in [0.4, 0.5) is 0 Å². The molecule has 0 amide bonds. The van der Waals surface area contributed by atoms with Crippen LogP contribution in [0.25, 0.3) is 64.6 Å². The molecule has 0 radical (unpaired) electrons. The maximum atomic E-state index is 13.8. The first-order chi connectivity index (χ1) is 18.2. The fraction of sp³-hybridized carbons (Fsp3) is 0.0833. The van der Waals surface area contributed by atoms with E-state index in [-0.39, 0.29) is 11.7 Å². The first-order valence-electron chi connectivity index (χ1n) is 13.0. The van der Waals surface area contributed by atoms with E-state index in [9.17, 15) is 4.79 Å². The van der Waals surface area contributed by atoms with Crippen LogP contribution in [0, 0.1) is 0 Å². The topological polar surface area (TPSA) is 17.1 Å². The van der Waals surface area contributed by atoms with Crippen molar-refractivity contribution in [3.8, 4) is 0 Å². The molecule has 0 fully saturated rings. The van der Waals surface area contributed by atoms with Gasteiger partial charge in [0.05, 0.1) is 0 Å². The minimum atomic E-state index is 0.107. The van der Waals surface area contributed by atoms with E-state index >= 15 is 0 Å². The van der Waals surface area contributed by atoms with Crippen LogP contribution in [-0.2, 0) is 0 Å². The molecule has 0 aliphatic carbocycles. The fourth-order valence-electron chi connectivity index (χ4n) is 6.66. The normalized spacial score (nSPS) is 13.1. The molecule has 8 aromatic carbocycles. The number of carbonyl (C=O) groups excluding carboxylic acids is 1. The van der Waals surface area contributed by atoms with Crippen molar-refractivity contribution in [3.05, 3.63) is 120 Å². The van der Waals surface area contributed by atoms with Crippen molar-refractivity contribution in [2.24, 2.45) is 0 Å². The SMILES string of the molecule is CC(CC(=O)c1ccc2ccc3cccc4ccc1c2c34)c1ccc2ccc3cccc4ccc1c2c34. The molecule has 0 aliphatic heterocycles. The number of rotatable bonds is 4. The largest absolute Gasteiger partial charge is 0.294 e. The third-order valence-electron chi connectivity index (χ3n) is 8.41. The van der Waals surface area contributed by atoms with Gasteiger partial charge in [-0.2, -0.15) is 0 Å². The van der Waals surface area contributed by atoms with Gasteiger partial charge in [0.25, 0.3) is 0 Å². The Kier molecular flexibility index (Phi) is 4.19. The lowest BCUT2D eigenvalue weighted by molar-refractivity contribution is 0.0977. The molecule has 0 heterocycles. The van der Waals surface area contributed by atoms with Gasteiger partial charge in [0.2, 0.25) is 0 Å². The lowest BCUT2D eigenvalue weighted by atomic mass is 9.85. The van der Waals surface area contributed by atoms with Crippen molar-refractivity contribution >= 4 is 70.4 Å². The number of carbonyl (C=O) groups is 1. The number of hydrogen-bond acceptors (Lipinski definition) is 1. The van der Waals surface area contributed by atoms with Crippen LogP contribution >= 0.6 is 0 Å². The molecule has 174 valence electrons. The Morgan fingerprint density at radius 1 is 0.514 bits per heavy atom. The Morgan fingerprint density at radius 2 is 0.946 bits per heavy atom. The van der Waals surface area contributed by atoms with Gasteiger partial charge in [0.15, 0.2) is 5.78 Å². The number of ketones is 1. The molecule has 1 heteroatoms. The van der Waals surface area contributed by atoms with Gasteiger partial charge in [0.1, 0.15) is 0 Å². The third-order valence-corrected chi connectivity index (χ3v) is 8.41. The minimum Gasteiger partial charge on any atom is -0.294 e. The zero-order chi connectivity index (χ0) is 24.7. The summed E-state index contributed by atoms with van der Waals surface area (Å²) in [6, 6.07) is 39.1. The van der Waals surface area contributed by atoms with Gasteiger partial charge in [-0.25, -0.2) is 0 Å². The van der Waals surface area contributed by atoms with Crippen LogP contribution < -0.4 is 0 Å². The predicted octanol–water partition coefficient (Wildman–Crippen LogP) is 9.86. The maximum Gasteiger partial charge on any atom is 0.164 e. The quantitative estimate of drug-likeness (QED) is 0.184. The average molecular weight is 473 g/mol. The lowest BCUT2D eigenvalue weighted by Gasteiger charge is -2.18. The fourth-order valence-corrected chi connectivity index (χ4v) is 6.66. The molecule has 1 atom stereocenters. The van der Waals surface area contributed by atoms with Gasteiger partial charge in [-0.05, 0) is 76.1 Å². The molecule has 0 N–H and O–H groups in total. The van der Waals surface area contributed by atoms with E-state index in [2.05, 4.69) is 110 Å². The molecule has 0 aliphatic rings. The summed E-state index contributed by atoms with van der Waals surface area (Å²) < 4.78 is 0. The molecule has 37 heavy (non-hydrogen) atoms. The monoisotopic (exact) mass is 472 g/mol. The summed E-state index contributed by atoms with van der Waals surface area (Å²) in [7, 11) is 0. The predicted molar refractivity (Wildman–Crippen MR) is 158 cm³/mol. The Morgan fingerprint density at radius 3 is 1.54 bits per heavy atom. The zero-order valence-electron chi connectivity index (χ0n) is 20.6. The molecular formula is C36H24O. The zero-order valence-corrected chi connectivity index (χ0v) is 20.6. The minimum absolute atomic E-state index is 0.107. The van der Waals surface area contributed by atoms with Gasteiger partial charge in [0, 0.05) is 12.0 Å². The first kappa shape index (κ1) is 20.7. The molecule has 0 saturated heterocycles. The van der Waals surface area contributed by atoms with Crippen molar-refractivity contribution in [3.63, 3.8) is 0 Å². The Bertz CT molecular complexity index is 2120. The molecule has 8 aromatic rings.